The van der Waals surface area contributed by atoms with Crippen molar-refractivity contribution in [1.82, 2.24) is 0 Å². The molecular weight excluding hydrogens is 114 g/mol. The van der Waals surface area contributed by atoms with Gasteiger partial charge in [0.25, 0.3) is 5.91 Å². The molecular formula is C7H11NO. The summed E-state index contributed by atoms with van der Waals surface area (Å²) in [5, 5.41) is 0. The van der Waals surface area contributed by atoms with Gasteiger partial charge in [-0.15, -0.1) is 0 Å². The molecule has 0 saturated carbocycles. The van der Waals surface area contributed by atoms with E-state index >= 15 is 0 Å². The first kappa shape index (κ1) is 8.03. The molecule has 0 fully saturated rings. The maximum atomic E-state index is 10.0. The van der Waals surface area contributed by atoms with Crippen molar-refractivity contribution < 1.29 is 4.79 Å². The van der Waals surface area contributed by atoms with Crippen LogP contribution in [0.4, 0.5) is 0 Å². The Labute approximate surface area is 55.4 Å². The molecule has 0 heterocycles. The van der Waals surface area contributed by atoms with Crippen LogP contribution < -0.4 is 5.73 Å². The predicted octanol–water partition coefficient (Wildman–Crippen LogP) is 0.665. The van der Waals surface area contributed by atoms with Gasteiger partial charge in [-0.3, -0.25) is 4.79 Å². The highest BCUT2D eigenvalue weighted by molar-refractivity contribution is 5.91. The second-order valence-corrected chi connectivity index (χ2v) is 1.77. The molecule has 1 amide bonds. The van der Waals surface area contributed by atoms with E-state index < -0.39 is 5.91 Å². The first-order valence-electron chi connectivity index (χ1n) is 3.05. The van der Waals surface area contributed by atoms with Gasteiger partial charge in [0.15, 0.2) is 0 Å². The number of rotatable bonds is 2. The second kappa shape index (κ2) is 5.17. The summed E-state index contributed by atoms with van der Waals surface area (Å²) in [5.41, 5.74) is 4.76. The van der Waals surface area contributed by atoms with Crippen molar-refractivity contribution in [3.05, 3.63) is 0 Å². The third-order valence-corrected chi connectivity index (χ3v) is 0.867. The Bertz CT molecular complexity index is 141. The Balaban J connectivity index is 3.27. The van der Waals surface area contributed by atoms with Crippen molar-refractivity contribution >= 4 is 5.91 Å². The van der Waals surface area contributed by atoms with Gasteiger partial charge in [-0.2, -0.15) is 0 Å². The number of amides is 1. The highest BCUT2D eigenvalue weighted by Gasteiger charge is 1.79. The van der Waals surface area contributed by atoms with Crippen molar-refractivity contribution in [2.24, 2.45) is 5.73 Å². The minimum atomic E-state index is -0.536. The van der Waals surface area contributed by atoms with Crippen molar-refractivity contribution in [3.8, 4) is 11.8 Å². The molecule has 9 heavy (non-hydrogen) atoms. The molecule has 0 spiro atoms. The molecule has 50 valence electrons. The van der Waals surface area contributed by atoms with Crippen LogP contribution in [-0.4, -0.2) is 5.91 Å². The van der Waals surface area contributed by atoms with Gasteiger partial charge in [-0.05, 0) is 12.3 Å². The van der Waals surface area contributed by atoms with Crippen LogP contribution >= 0.6 is 0 Å². The van der Waals surface area contributed by atoms with Gasteiger partial charge in [-0.25, -0.2) is 0 Å². The van der Waals surface area contributed by atoms with E-state index in [0.717, 1.165) is 19.3 Å². The second-order valence-electron chi connectivity index (χ2n) is 1.77. The summed E-state index contributed by atoms with van der Waals surface area (Å²) in [7, 11) is 0. The standard InChI is InChI=1S/C7H11NO/c1-2-3-4-5-6-7(8)9/h2-4H2,1H3,(H2,8,9). The summed E-state index contributed by atoms with van der Waals surface area (Å²) in [6.07, 6.45) is 2.92. The molecule has 0 radical (unpaired) electrons. The molecule has 0 rings (SSSR count). The van der Waals surface area contributed by atoms with Crippen molar-refractivity contribution in [3.63, 3.8) is 0 Å². The van der Waals surface area contributed by atoms with Crippen molar-refractivity contribution in [2.75, 3.05) is 0 Å². The monoisotopic (exact) mass is 125 g/mol. The Hall–Kier alpha value is -0.970. The highest BCUT2D eigenvalue weighted by Crippen LogP contribution is 1.89. The molecule has 2 nitrogen and oxygen atoms in total. The minimum absolute atomic E-state index is 0.536. The Morgan fingerprint density at radius 2 is 2.33 bits per heavy atom. The lowest BCUT2D eigenvalue weighted by Gasteiger charge is -1.81. The number of primary amides is 1. The summed E-state index contributed by atoms with van der Waals surface area (Å²) < 4.78 is 0. The van der Waals surface area contributed by atoms with E-state index in [4.69, 9.17) is 5.73 Å². The normalized spacial score (nSPS) is 7.67. The van der Waals surface area contributed by atoms with E-state index in [0.29, 0.717) is 0 Å². The van der Waals surface area contributed by atoms with Gasteiger partial charge in [0, 0.05) is 6.42 Å². The van der Waals surface area contributed by atoms with Crippen LogP contribution in [0.15, 0.2) is 0 Å². The average molecular weight is 125 g/mol. The zero-order valence-electron chi connectivity index (χ0n) is 5.61. The van der Waals surface area contributed by atoms with Crippen LogP contribution in [0.3, 0.4) is 0 Å². The van der Waals surface area contributed by atoms with Crippen molar-refractivity contribution in [1.29, 1.82) is 0 Å². The van der Waals surface area contributed by atoms with Crippen LogP contribution in [0, 0.1) is 11.8 Å². The molecule has 0 unspecified atom stereocenters. The predicted molar refractivity (Wildman–Crippen MR) is 36.5 cm³/mol. The molecule has 0 aliphatic heterocycles. The topological polar surface area (TPSA) is 43.1 Å². The van der Waals surface area contributed by atoms with Crippen LogP contribution in [0.25, 0.3) is 0 Å². The molecule has 2 heteroatoms. The van der Waals surface area contributed by atoms with E-state index in [1.165, 1.54) is 0 Å². The van der Waals surface area contributed by atoms with E-state index in [2.05, 4.69) is 18.8 Å². The lowest BCUT2D eigenvalue weighted by Crippen LogP contribution is -2.05. The first-order chi connectivity index (χ1) is 4.27. The number of nitrogens with two attached hydrogens (primary N) is 1. The van der Waals surface area contributed by atoms with Gasteiger partial charge >= 0.3 is 0 Å². The molecule has 0 atom stereocenters. The fourth-order valence-electron chi connectivity index (χ4n) is 0.415. The van der Waals surface area contributed by atoms with Crippen LogP contribution in [-0.2, 0) is 4.79 Å². The van der Waals surface area contributed by atoms with Crippen LogP contribution in [0.5, 0.6) is 0 Å². The smallest absolute Gasteiger partial charge is 0.293 e. The van der Waals surface area contributed by atoms with Crippen LogP contribution in [0.2, 0.25) is 0 Å². The average Bonchev–Trinajstić information content (AvgIpc) is 1.80. The summed E-state index contributed by atoms with van der Waals surface area (Å²) >= 11 is 0. The summed E-state index contributed by atoms with van der Waals surface area (Å²) in [5.74, 6) is 4.39. The lowest BCUT2D eigenvalue weighted by molar-refractivity contribution is -0.112. The third-order valence-electron chi connectivity index (χ3n) is 0.867. The number of carbonyl (C=O) groups excluding carboxylic acids is 1. The van der Waals surface area contributed by atoms with E-state index in [9.17, 15) is 4.79 Å². The minimum Gasteiger partial charge on any atom is -0.359 e. The molecule has 0 aromatic carbocycles. The molecule has 0 saturated heterocycles. The molecule has 0 aliphatic rings. The Kier molecular flexibility index (Phi) is 4.61. The zero-order valence-corrected chi connectivity index (χ0v) is 5.61. The maximum absolute atomic E-state index is 10.0. The van der Waals surface area contributed by atoms with E-state index in [-0.39, 0.29) is 0 Å². The van der Waals surface area contributed by atoms with Gasteiger partial charge in [0.2, 0.25) is 0 Å². The fourth-order valence-corrected chi connectivity index (χ4v) is 0.415. The van der Waals surface area contributed by atoms with Gasteiger partial charge in [0.05, 0.1) is 0 Å². The van der Waals surface area contributed by atoms with E-state index in [1.807, 2.05) is 0 Å². The Morgan fingerprint density at radius 1 is 1.67 bits per heavy atom. The summed E-state index contributed by atoms with van der Waals surface area (Å²) in [6.45, 7) is 2.08. The molecule has 0 aromatic heterocycles. The number of carbonyl (C=O) groups is 1. The lowest BCUT2D eigenvalue weighted by atomic mass is 10.2. The first-order valence-corrected chi connectivity index (χ1v) is 3.05. The molecule has 0 aliphatic carbocycles. The highest BCUT2D eigenvalue weighted by atomic mass is 16.1. The Morgan fingerprint density at radius 3 is 2.78 bits per heavy atom. The van der Waals surface area contributed by atoms with Crippen molar-refractivity contribution in [2.45, 2.75) is 26.2 Å². The maximum Gasteiger partial charge on any atom is 0.293 e. The zero-order chi connectivity index (χ0) is 7.11. The summed E-state index contributed by atoms with van der Waals surface area (Å²) in [6, 6.07) is 0. The van der Waals surface area contributed by atoms with Gasteiger partial charge < -0.3 is 5.73 Å². The fraction of sp³-hybridized carbons (Fsp3) is 0.571. The largest absolute Gasteiger partial charge is 0.359 e. The molecule has 0 aromatic rings. The summed E-state index contributed by atoms with van der Waals surface area (Å²) in [4.78, 5) is 10.0. The van der Waals surface area contributed by atoms with Gasteiger partial charge in [0.1, 0.15) is 0 Å². The third kappa shape index (κ3) is 7.03. The van der Waals surface area contributed by atoms with Gasteiger partial charge in [-0.1, -0.05) is 19.3 Å². The van der Waals surface area contributed by atoms with E-state index in [1.54, 1.807) is 0 Å². The van der Waals surface area contributed by atoms with Crippen LogP contribution in [0.1, 0.15) is 26.2 Å². The number of hydrogen-bond acceptors (Lipinski definition) is 1. The number of unbranched alkanes of at least 4 members (excludes halogenated alkanes) is 2. The quantitative estimate of drug-likeness (QED) is 0.427. The molecule has 2 N–H and O–H groups in total. The number of hydrogen-bond donors (Lipinski definition) is 1. The molecule has 0 bridgehead atoms. The SMILES string of the molecule is CCCCC#CC(N)=O.